The Morgan fingerprint density at radius 3 is 2.61 bits per heavy atom. The molecule has 1 unspecified atom stereocenters. The van der Waals surface area contributed by atoms with Gasteiger partial charge in [-0.15, -0.1) is 0 Å². The van der Waals surface area contributed by atoms with Crippen molar-refractivity contribution in [1.82, 2.24) is 5.32 Å². The molecule has 3 heteroatoms. The maximum atomic E-state index is 12.1. The van der Waals surface area contributed by atoms with Crippen molar-refractivity contribution in [3.05, 3.63) is 35.9 Å². The number of nitrogens with two attached hydrogens (primary N) is 1. The summed E-state index contributed by atoms with van der Waals surface area (Å²) in [6, 6.07) is 9.52. The Kier molecular flexibility index (Phi) is 4.02. The predicted octanol–water partition coefficient (Wildman–Crippen LogP) is 2.17. The zero-order valence-electron chi connectivity index (χ0n) is 11.0. The van der Waals surface area contributed by atoms with Crippen LogP contribution in [0.4, 0.5) is 0 Å². The van der Waals surface area contributed by atoms with E-state index < -0.39 is 5.54 Å². The second kappa shape index (κ2) is 5.53. The van der Waals surface area contributed by atoms with Crippen molar-refractivity contribution in [2.45, 2.75) is 38.1 Å². The minimum atomic E-state index is -0.944. The van der Waals surface area contributed by atoms with Gasteiger partial charge in [-0.1, -0.05) is 49.6 Å². The number of carbonyl (C=O) groups excluding carboxylic acids is 1. The molecule has 3 nitrogen and oxygen atoms in total. The molecule has 1 aromatic carbocycles. The first-order chi connectivity index (χ1) is 8.60. The Hall–Kier alpha value is -1.35. The van der Waals surface area contributed by atoms with Crippen LogP contribution in [0.15, 0.2) is 30.3 Å². The summed E-state index contributed by atoms with van der Waals surface area (Å²) in [6.45, 7) is 2.50. The molecule has 3 N–H and O–H groups in total. The van der Waals surface area contributed by atoms with Gasteiger partial charge in [0.2, 0.25) is 5.91 Å². The van der Waals surface area contributed by atoms with E-state index in [1.807, 2.05) is 30.3 Å². The molecule has 2 rings (SSSR count). The minimum absolute atomic E-state index is 0.0898. The van der Waals surface area contributed by atoms with Crippen LogP contribution in [0.2, 0.25) is 0 Å². The lowest BCUT2D eigenvalue weighted by Crippen LogP contribution is -2.49. The van der Waals surface area contributed by atoms with E-state index in [-0.39, 0.29) is 5.91 Å². The molecule has 0 spiro atoms. The molecule has 98 valence electrons. The topological polar surface area (TPSA) is 55.1 Å². The number of hydrogen-bond donors (Lipinski definition) is 2. The van der Waals surface area contributed by atoms with E-state index >= 15 is 0 Å². The number of amides is 1. The molecule has 0 heterocycles. The number of carbonyl (C=O) groups is 1. The van der Waals surface area contributed by atoms with Gasteiger partial charge in [-0.05, 0) is 24.8 Å². The summed E-state index contributed by atoms with van der Waals surface area (Å²) in [5, 5.41) is 2.96. The molecule has 1 atom stereocenters. The fourth-order valence-electron chi connectivity index (χ4n) is 2.27. The zero-order chi connectivity index (χ0) is 13.0. The molecule has 1 fully saturated rings. The third kappa shape index (κ3) is 2.91. The molecule has 0 aliphatic heterocycles. The molecule has 0 saturated heterocycles. The standard InChI is InChI=1S/C15H22N2O/c1-15(16,13-8-3-2-4-9-13)14(18)17-11-10-12-6-5-7-12/h2-4,8-9,12H,5-7,10-11,16H2,1H3,(H,17,18). The summed E-state index contributed by atoms with van der Waals surface area (Å²) < 4.78 is 0. The summed E-state index contributed by atoms with van der Waals surface area (Å²) >= 11 is 0. The zero-order valence-corrected chi connectivity index (χ0v) is 11.0. The van der Waals surface area contributed by atoms with E-state index in [4.69, 9.17) is 5.73 Å². The van der Waals surface area contributed by atoms with Crippen LogP contribution in [0, 0.1) is 5.92 Å². The summed E-state index contributed by atoms with van der Waals surface area (Å²) in [5.74, 6) is 0.721. The van der Waals surface area contributed by atoms with Crippen LogP contribution in [-0.2, 0) is 10.3 Å². The summed E-state index contributed by atoms with van der Waals surface area (Å²) in [7, 11) is 0. The summed E-state index contributed by atoms with van der Waals surface area (Å²) in [6.07, 6.45) is 5.05. The van der Waals surface area contributed by atoms with Crippen molar-refractivity contribution >= 4 is 5.91 Å². The van der Waals surface area contributed by atoms with Crippen molar-refractivity contribution in [1.29, 1.82) is 0 Å². The number of rotatable bonds is 5. The molecule has 1 amide bonds. The van der Waals surface area contributed by atoms with Gasteiger partial charge in [0.05, 0.1) is 0 Å². The molecule has 0 bridgehead atoms. The van der Waals surface area contributed by atoms with Crippen LogP contribution in [0.3, 0.4) is 0 Å². The molecular formula is C15H22N2O. The number of hydrogen-bond acceptors (Lipinski definition) is 2. The SMILES string of the molecule is CC(N)(C(=O)NCCC1CCC1)c1ccccc1. The number of nitrogens with one attached hydrogen (secondary N) is 1. The first-order valence-electron chi connectivity index (χ1n) is 6.73. The molecule has 1 aromatic rings. The Morgan fingerprint density at radius 2 is 2.06 bits per heavy atom. The Bertz CT molecular complexity index is 396. The Labute approximate surface area is 109 Å². The Balaban J connectivity index is 1.86. The monoisotopic (exact) mass is 246 g/mol. The van der Waals surface area contributed by atoms with E-state index in [1.165, 1.54) is 19.3 Å². The molecule has 18 heavy (non-hydrogen) atoms. The highest BCUT2D eigenvalue weighted by atomic mass is 16.2. The van der Waals surface area contributed by atoms with Gasteiger partial charge in [-0.3, -0.25) is 4.79 Å². The van der Waals surface area contributed by atoms with E-state index in [9.17, 15) is 4.79 Å². The van der Waals surface area contributed by atoms with Gasteiger partial charge in [0.15, 0.2) is 0 Å². The predicted molar refractivity (Wildman–Crippen MR) is 72.9 cm³/mol. The van der Waals surface area contributed by atoms with Crippen molar-refractivity contribution in [3.8, 4) is 0 Å². The first-order valence-corrected chi connectivity index (χ1v) is 6.73. The fourth-order valence-corrected chi connectivity index (χ4v) is 2.27. The summed E-state index contributed by atoms with van der Waals surface area (Å²) in [4.78, 5) is 12.1. The van der Waals surface area contributed by atoms with Gasteiger partial charge in [0.25, 0.3) is 0 Å². The Morgan fingerprint density at radius 1 is 1.39 bits per heavy atom. The highest BCUT2D eigenvalue weighted by molar-refractivity contribution is 5.86. The van der Waals surface area contributed by atoms with Crippen LogP contribution in [0.25, 0.3) is 0 Å². The van der Waals surface area contributed by atoms with Gasteiger partial charge < -0.3 is 11.1 Å². The van der Waals surface area contributed by atoms with Gasteiger partial charge in [0.1, 0.15) is 5.54 Å². The third-order valence-electron chi connectivity index (χ3n) is 3.91. The van der Waals surface area contributed by atoms with Crippen LogP contribution in [0.5, 0.6) is 0 Å². The average molecular weight is 246 g/mol. The normalized spacial score (nSPS) is 18.8. The second-order valence-corrected chi connectivity index (χ2v) is 5.41. The van der Waals surface area contributed by atoms with E-state index in [2.05, 4.69) is 5.32 Å². The molecule has 1 aliphatic carbocycles. The molecule has 0 aromatic heterocycles. The van der Waals surface area contributed by atoms with Gasteiger partial charge in [-0.25, -0.2) is 0 Å². The smallest absolute Gasteiger partial charge is 0.244 e. The third-order valence-corrected chi connectivity index (χ3v) is 3.91. The lowest BCUT2D eigenvalue weighted by Gasteiger charge is -2.27. The van der Waals surface area contributed by atoms with Crippen molar-refractivity contribution in [2.24, 2.45) is 11.7 Å². The van der Waals surface area contributed by atoms with Crippen LogP contribution < -0.4 is 11.1 Å². The molecule has 1 aliphatic rings. The number of benzene rings is 1. The average Bonchev–Trinajstić information content (AvgIpc) is 2.33. The largest absolute Gasteiger partial charge is 0.354 e. The van der Waals surface area contributed by atoms with Gasteiger partial charge in [-0.2, -0.15) is 0 Å². The highest BCUT2D eigenvalue weighted by Crippen LogP contribution is 2.28. The molecule has 1 saturated carbocycles. The maximum absolute atomic E-state index is 12.1. The van der Waals surface area contributed by atoms with Gasteiger partial charge >= 0.3 is 0 Å². The highest BCUT2D eigenvalue weighted by Gasteiger charge is 2.30. The quantitative estimate of drug-likeness (QED) is 0.836. The molecular weight excluding hydrogens is 224 g/mol. The minimum Gasteiger partial charge on any atom is -0.354 e. The van der Waals surface area contributed by atoms with E-state index in [1.54, 1.807) is 6.92 Å². The van der Waals surface area contributed by atoms with Gasteiger partial charge in [0, 0.05) is 6.54 Å². The maximum Gasteiger partial charge on any atom is 0.244 e. The van der Waals surface area contributed by atoms with Crippen LogP contribution in [-0.4, -0.2) is 12.5 Å². The van der Waals surface area contributed by atoms with E-state index in [0.29, 0.717) is 0 Å². The lowest BCUT2D eigenvalue weighted by molar-refractivity contribution is -0.126. The first kappa shape index (κ1) is 13.1. The molecule has 0 radical (unpaired) electrons. The van der Waals surface area contributed by atoms with Crippen molar-refractivity contribution in [3.63, 3.8) is 0 Å². The second-order valence-electron chi connectivity index (χ2n) is 5.41. The van der Waals surface area contributed by atoms with E-state index in [0.717, 1.165) is 24.4 Å². The van der Waals surface area contributed by atoms with Crippen molar-refractivity contribution in [2.75, 3.05) is 6.54 Å². The van der Waals surface area contributed by atoms with Crippen LogP contribution in [0.1, 0.15) is 38.2 Å². The lowest BCUT2D eigenvalue weighted by atomic mass is 9.83. The fraction of sp³-hybridized carbons (Fsp3) is 0.533. The van der Waals surface area contributed by atoms with Crippen LogP contribution >= 0.6 is 0 Å². The van der Waals surface area contributed by atoms with Crippen molar-refractivity contribution < 1.29 is 4.79 Å². The summed E-state index contributed by atoms with van der Waals surface area (Å²) in [5.41, 5.74) is 6.04.